The molecule has 8 nitrogen and oxygen atoms in total. The van der Waals surface area contributed by atoms with Crippen LogP contribution in [0.3, 0.4) is 0 Å². The fourth-order valence-corrected chi connectivity index (χ4v) is 8.53. The monoisotopic (exact) mass is 523 g/mol. The highest BCUT2D eigenvalue weighted by Gasteiger charge is 2.68. The predicted molar refractivity (Wildman–Crippen MR) is 143 cm³/mol. The van der Waals surface area contributed by atoms with Crippen LogP contribution < -0.4 is 10.2 Å². The van der Waals surface area contributed by atoms with E-state index < -0.39 is 47.5 Å². The Labute approximate surface area is 224 Å². The first-order valence-electron chi connectivity index (χ1n) is 13.6. The zero-order valence-electron chi connectivity index (χ0n) is 22.6. The van der Waals surface area contributed by atoms with Gasteiger partial charge in [-0.1, -0.05) is 33.8 Å². The minimum atomic E-state index is -1.29. The summed E-state index contributed by atoms with van der Waals surface area (Å²) in [5.41, 5.74) is -0.756. The van der Waals surface area contributed by atoms with Crippen molar-refractivity contribution in [1.82, 2.24) is 0 Å². The highest BCUT2D eigenvalue weighted by Crippen LogP contribution is 2.69. The number of fused-ring (bicyclic) bond motifs is 1. The molecular formula is C29H38BNO7. The number of Topliss-reactive ketones (excluding diaryl/α,β-unsaturated/α-hetero) is 1. The van der Waals surface area contributed by atoms with E-state index >= 15 is 0 Å². The summed E-state index contributed by atoms with van der Waals surface area (Å²) in [7, 11) is -1.28. The highest BCUT2D eigenvalue weighted by atomic mass is 16.6. The van der Waals surface area contributed by atoms with Gasteiger partial charge >= 0.3 is 13.1 Å². The number of aliphatic hydroxyl groups excluding tert-OH is 1. The van der Waals surface area contributed by atoms with E-state index in [1.807, 2.05) is 6.92 Å². The summed E-state index contributed by atoms with van der Waals surface area (Å²) in [6, 6.07) is 4.93. The number of carboxylic acid groups (broad SMARTS) is 1. The van der Waals surface area contributed by atoms with Crippen LogP contribution in [0.2, 0.25) is 0 Å². The van der Waals surface area contributed by atoms with E-state index in [2.05, 4.69) is 32.5 Å². The van der Waals surface area contributed by atoms with Crippen molar-refractivity contribution in [3.8, 4) is 5.75 Å². The van der Waals surface area contributed by atoms with Crippen molar-refractivity contribution in [2.75, 3.05) is 0 Å². The number of ether oxygens (including phenoxy) is 1. The van der Waals surface area contributed by atoms with Gasteiger partial charge in [0.05, 0.1) is 12.3 Å². The molecule has 204 valence electrons. The summed E-state index contributed by atoms with van der Waals surface area (Å²) in [6.07, 6.45) is 4.31. The van der Waals surface area contributed by atoms with Crippen molar-refractivity contribution < 1.29 is 34.3 Å². The smallest absolute Gasteiger partial charge is 0.478 e. The topological polar surface area (TPSA) is 126 Å². The average molecular weight is 523 g/mol. The summed E-state index contributed by atoms with van der Waals surface area (Å²) in [5, 5.41) is 36.3. The molecule has 0 spiro atoms. The van der Waals surface area contributed by atoms with Crippen LogP contribution >= 0.6 is 0 Å². The van der Waals surface area contributed by atoms with Gasteiger partial charge in [0.25, 0.3) is 0 Å². The van der Waals surface area contributed by atoms with Gasteiger partial charge < -0.3 is 24.7 Å². The van der Waals surface area contributed by atoms with Gasteiger partial charge in [0.15, 0.2) is 6.10 Å². The number of aliphatic hydroxyl groups is 1. The molecule has 1 aliphatic heterocycles. The standard InChI is InChI=1S/C29H38BNO7/c1-6-27(4)14-20(23(26(34)35)37-19-8-7-18-15-31-38-30(36)21(18)13-19)28(5)16(2)9-11-29(17(3)25(27)33)12-10-22(32)24(28)29/h6-8,13,15-17,20,23-25,33,36H,1,9-12,14H2,2-5H3,(H,34,35)/t16-,17+,20+,23?,24+,25+,27-,28-,29+/m1/s1. The Morgan fingerprint density at radius 2 is 2.05 bits per heavy atom. The van der Waals surface area contributed by atoms with Gasteiger partial charge in [-0.05, 0) is 72.1 Å². The van der Waals surface area contributed by atoms with Gasteiger partial charge in [-0.15, -0.1) is 11.7 Å². The van der Waals surface area contributed by atoms with E-state index in [4.69, 9.17) is 9.49 Å². The number of carbonyl (C=O) groups excluding carboxylic acids is 1. The molecule has 9 atom stereocenters. The molecule has 3 aliphatic carbocycles. The van der Waals surface area contributed by atoms with Crippen LogP contribution in [0.25, 0.3) is 0 Å². The van der Waals surface area contributed by atoms with Crippen LogP contribution in [0.5, 0.6) is 5.75 Å². The number of rotatable bonds is 5. The molecule has 1 aromatic rings. The number of hydrogen-bond donors (Lipinski definition) is 3. The molecule has 38 heavy (non-hydrogen) atoms. The van der Waals surface area contributed by atoms with E-state index in [0.29, 0.717) is 30.3 Å². The minimum absolute atomic E-state index is 0.0737. The fraction of sp³-hybridized carbons (Fsp3) is 0.621. The molecule has 3 fully saturated rings. The first-order chi connectivity index (χ1) is 17.9. The molecule has 0 radical (unpaired) electrons. The second-order valence-electron chi connectivity index (χ2n) is 12.6. The Bertz CT molecular complexity index is 1190. The van der Waals surface area contributed by atoms with Crippen molar-refractivity contribution in [3.05, 3.63) is 36.4 Å². The Morgan fingerprint density at radius 3 is 2.74 bits per heavy atom. The lowest BCUT2D eigenvalue weighted by atomic mass is 9.41. The maximum atomic E-state index is 13.7. The first kappa shape index (κ1) is 26.9. The van der Waals surface area contributed by atoms with Crippen LogP contribution in [-0.2, 0) is 14.3 Å². The van der Waals surface area contributed by atoms with Gasteiger partial charge in [-0.2, -0.15) is 0 Å². The Balaban J connectivity index is 1.65. The summed E-state index contributed by atoms with van der Waals surface area (Å²) in [6.45, 7) is 12.3. The molecule has 0 amide bonds. The van der Waals surface area contributed by atoms with Crippen molar-refractivity contribution in [2.24, 2.45) is 45.1 Å². The van der Waals surface area contributed by atoms with E-state index in [1.54, 1.807) is 24.3 Å². The zero-order chi connectivity index (χ0) is 27.6. The van der Waals surface area contributed by atoms with Crippen LogP contribution in [0, 0.1) is 39.9 Å². The second-order valence-corrected chi connectivity index (χ2v) is 12.6. The lowest BCUT2D eigenvalue weighted by Gasteiger charge is -2.63. The molecular weight excluding hydrogens is 485 g/mol. The molecule has 0 aromatic heterocycles. The SMILES string of the molecule is C=C[C@]1(C)C[C@@H](C(Oc2ccc3c(c2)B(O)ON=C3)C(=O)O)[C@@]2(C)[C@H](C)CC[C@]3(CCC(=O)[C@H]32)[C@@H](C)[C@@H]1O. The minimum Gasteiger partial charge on any atom is -0.478 e. The average Bonchev–Trinajstić information content (AvgIpc) is 3.25. The van der Waals surface area contributed by atoms with Gasteiger partial charge in [0.2, 0.25) is 0 Å². The van der Waals surface area contributed by atoms with Crippen molar-refractivity contribution in [3.63, 3.8) is 0 Å². The predicted octanol–water partition coefficient (Wildman–Crippen LogP) is 3.18. The third-order valence-corrected chi connectivity index (χ3v) is 11.0. The third-order valence-electron chi connectivity index (χ3n) is 11.0. The number of carboxylic acids is 1. The normalized spacial score (nSPS) is 40.7. The number of hydrogen-bond acceptors (Lipinski definition) is 7. The molecule has 9 heteroatoms. The molecule has 2 bridgehead atoms. The maximum absolute atomic E-state index is 13.7. The number of nitrogens with zero attached hydrogens (tertiary/aromatic N) is 1. The maximum Gasteiger partial charge on any atom is 0.583 e. The van der Waals surface area contributed by atoms with E-state index in [9.17, 15) is 24.8 Å². The molecule has 1 aromatic carbocycles. The quantitative estimate of drug-likeness (QED) is 0.400. The summed E-state index contributed by atoms with van der Waals surface area (Å²) < 4.78 is 11.2. The lowest BCUT2D eigenvalue weighted by molar-refractivity contribution is -0.193. The van der Waals surface area contributed by atoms with Gasteiger partial charge in [0.1, 0.15) is 11.5 Å². The fourth-order valence-electron chi connectivity index (χ4n) is 8.53. The molecule has 3 saturated carbocycles. The molecule has 1 unspecified atom stereocenters. The van der Waals surface area contributed by atoms with Crippen LogP contribution in [0.1, 0.15) is 65.4 Å². The Kier molecular flexibility index (Phi) is 6.54. The van der Waals surface area contributed by atoms with Crippen LogP contribution in [-0.4, -0.2) is 52.5 Å². The lowest BCUT2D eigenvalue weighted by Crippen LogP contribution is -2.63. The van der Waals surface area contributed by atoms with Crippen LogP contribution in [0.4, 0.5) is 0 Å². The largest absolute Gasteiger partial charge is 0.583 e. The van der Waals surface area contributed by atoms with Gasteiger partial charge in [-0.3, -0.25) is 4.79 Å². The number of aliphatic carboxylic acids is 1. The van der Waals surface area contributed by atoms with E-state index in [0.717, 1.165) is 12.8 Å². The van der Waals surface area contributed by atoms with Gasteiger partial charge in [0, 0.05) is 29.1 Å². The number of oxime groups is 1. The Morgan fingerprint density at radius 1 is 1.32 bits per heavy atom. The second kappa shape index (κ2) is 9.23. The molecule has 1 heterocycles. The van der Waals surface area contributed by atoms with Crippen molar-refractivity contribution >= 4 is 30.5 Å². The third kappa shape index (κ3) is 3.76. The van der Waals surface area contributed by atoms with E-state index in [1.165, 1.54) is 6.21 Å². The molecule has 5 rings (SSSR count). The van der Waals surface area contributed by atoms with Crippen molar-refractivity contribution in [1.29, 1.82) is 0 Å². The van der Waals surface area contributed by atoms with Crippen molar-refractivity contribution in [2.45, 2.75) is 72.0 Å². The number of benzene rings is 1. The summed E-state index contributed by atoms with van der Waals surface area (Å²) >= 11 is 0. The molecule has 4 aliphatic rings. The summed E-state index contributed by atoms with van der Waals surface area (Å²) in [5.74, 6) is -1.69. The zero-order valence-corrected chi connectivity index (χ0v) is 22.6. The first-order valence-corrected chi connectivity index (χ1v) is 13.6. The number of ketones is 1. The Hall–Kier alpha value is -2.65. The highest BCUT2D eigenvalue weighted by molar-refractivity contribution is 6.62. The molecule has 3 N–H and O–H groups in total. The van der Waals surface area contributed by atoms with Crippen LogP contribution in [0.15, 0.2) is 36.0 Å². The molecule has 0 saturated heterocycles. The van der Waals surface area contributed by atoms with E-state index in [-0.39, 0.29) is 29.3 Å². The summed E-state index contributed by atoms with van der Waals surface area (Å²) in [4.78, 5) is 26.7. The number of carbonyl (C=O) groups is 2. The van der Waals surface area contributed by atoms with Gasteiger partial charge in [-0.25, -0.2) is 4.79 Å².